The molecule has 1 amide bonds. The van der Waals surface area contributed by atoms with Gasteiger partial charge in [-0.1, -0.05) is 17.7 Å². The number of rotatable bonds is 4. The lowest BCUT2D eigenvalue weighted by Gasteiger charge is -2.24. The number of fused-ring (bicyclic) bond motifs is 1. The highest BCUT2D eigenvalue weighted by molar-refractivity contribution is 5.94. The Hall–Kier alpha value is -3.66. The van der Waals surface area contributed by atoms with Crippen LogP contribution in [0.25, 0.3) is 0 Å². The number of halogens is 3. The van der Waals surface area contributed by atoms with Gasteiger partial charge in [0.15, 0.2) is 0 Å². The van der Waals surface area contributed by atoms with Crippen LogP contribution in [0.3, 0.4) is 0 Å². The van der Waals surface area contributed by atoms with Crippen LogP contribution in [0.15, 0.2) is 67.1 Å². The highest BCUT2D eigenvalue weighted by atomic mass is 19.4. The van der Waals surface area contributed by atoms with Crippen LogP contribution >= 0.6 is 0 Å². The second kappa shape index (κ2) is 11.0. The summed E-state index contributed by atoms with van der Waals surface area (Å²) in [6.45, 7) is 4.42. The normalized spacial score (nSPS) is 15.5. The van der Waals surface area contributed by atoms with Crippen molar-refractivity contribution in [1.82, 2.24) is 14.5 Å². The van der Waals surface area contributed by atoms with Gasteiger partial charge in [-0.3, -0.25) is 9.78 Å². The van der Waals surface area contributed by atoms with Crippen LogP contribution in [-0.2, 0) is 29.2 Å². The Labute approximate surface area is 194 Å². The fourth-order valence-electron chi connectivity index (χ4n) is 3.47. The minimum absolute atomic E-state index is 0.0471. The maximum absolute atomic E-state index is 13.1. The van der Waals surface area contributed by atoms with Crippen molar-refractivity contribution in [3.63, 3.8) is 0 Å². The predicted octanol–water partition coefficient (Wildman–Crippen LogP) is 4.07. The lowest BCUT2D eigenvalue weighted by molar-refractivity contribution is -0.192. The van der Waals surface area contributed by atoms with Crippen LogP contribution in [0.4, 0.5) is 13.2 Å². The van der Waals surface area contributed by atoms with Crippen molar-refractivity contribution in [2.24, 2.45) is 0 Å². The number of aliphatic carboxylic acids is 1. The van der Waals surface area contributed by atoms with Gasteiger partial charge in [0.05, 0.1) is 25.8 Å². The van der Waals surface area contributed by atoms with Crippen molar-refractivity contribution in [3.8, 4) is 0 Å². The topological polar surface area (TPSA) is 84.7 Å². The first-order chi connectivity index (χ1) is 16.1. The van der Waals surface area contributed by atoms with Crippen LogP contribution in [-0.4, -0.2) is 50.3 Å². The second-order valence-electron chi connectivity index (χ2n) is 7.80. The number of amides is 1. The number of benzene rings is 1. The van der Waals surface area contributed by atoms with Crippen molar-refractivity contribution in [1.29, 1.82) is 0 Å². The monoisotopic (exact) mass is 475 g/mol. The molecule has 1 aliphatic rings. The van der Waals surface area contributed by atoms with Gasteiger partial charge in [0.2, 0.25) is 0 Å². The largest absolute Gasteiger partial charge is 0.490 e. The van der Waals surface area contributed by atoms with E-state index in [1.807, 2.05) is 54.3 Å². The maximum Gasteiger partial charge on any atom is 0.490 e. The smallest absolute Gasteiger partial charge is 0.475 e. The molecule has 1 aliphatic heterocycles. The zero-order valence-electron chi connectivity index (χ0n) is 18.4. The number of carboxylic acid groups (broad SMARTS) is 1. The molecule has 7 nitrogen and oxygen atoms in total. The second-order valence-corrected chi connectivity index (χ2v) is 7.80. The number of carboxylic acids is 1. The van der Waals surface area contributed by atoms with Crippen LogP contribution in [0.1, 0.15) is 27.2 Å². The molecule has 0 radical (unpaired) electrons. The van der Waals surface area contributed by atoms with Gasteiger partial charge in [-0.15, -0.1) is 0 Å². The van der Waals surface area contributed by atoms with Crippen molar-refractivity contribution in [2.45, 2.75) is 38.9 Å². The number of ether oxygens (including phenoxy) is 1. The molecule has 0 saturated heterocycles. The molecule has 0 bridgehead atoms. The lowest BCUT2D eigenvalue weighted by atomic mass is 10.1. The quantitative estimate of drug-likeness (QED) is 0.615. The Balaban J connectivity index is 0.000000406. The van der Waals surface area contributed by atoms with Gasteiger partial charge in [-0.05, 0) is 48.9 Å². The van der Waals surface area contributed by atoms with Crippen molar-refractivity contribution >= 4 is 11.9 Å². The number of carbonyl (C=O) groups is 2. The van der Waals surface area contributed by atoms with E-state index in [1.165, 1.54) is 0 Å². The number of hydrogen-bond acceptors (Lipinski definition) is 4. The summed E-state index contributed by atoms with van der Waals surface area (Å²) in [7, 11) is 0. The molecule has 180 valence electrons. The Morgan fingerprint density at radius 1 is 1.12 bits per heavy atom. The van der Waals surface area contributed by atoms with Gasteiger partial charge in [-0.2, -0.15) is 13.2 Å². The van der Waals surface area contributed by atoms with Crippen molar-refractivity contribution in [2.75, 3.05) is 6.54 Å². The number of aromatic nitrogens is 2. The van der Waals surface area contributed by atoms with Crippen LogP contribution in [0.2, 0.25) is 0 Å². The van der Waals surface area contributed by atoms with Crippen molar-refractivity contribution < 1.29 is 32.6 Å². The molecule has 3 aromatic rings. The van der Waals surface area contributed by atoms with E-state index in [-0.39, 0.29) is 12.0 Å². The van der Waals surface area contributed by atoms with Crippen LogP contribution < -0.4 is 0 Å². The zero-order valence-corrected chi connectivity index (χ0v) is 18.4. The van der Waals surface area contributed by atoms with Gasteiger partial charge >= 0.3 is 12.1 Å². The van der Waals surface area contributed by atoms with E-state index in [0.29, 0.717) is 19.7 Å². The summed E-state index contributed by atoms with van der Waals surface area (Å²) >= 11 is 0. The zero-order chi connectivity index (χ0) is 24.7. The number of aryl methyl sites for hydroxylation is 1. The molecular formula is C24H24F3N3O4. The van der Waals surface area contributed by atoms with Crippen LogP contribution in [0, 0.1) is 6.92 Å². The third kappa shape index (κ3) is 6.92. The summed E-state index contributed by atoms with van der Waals surface area (Å²) in [5, 5.41) is 7.12. The van der Waals surface area contributed by atoms with Gasteiger partial charge in [0.1, 0.15) is 0 Å². The molecule has 1 N–H and O–H groups in total. The van der Waals surface area contributed by atoms with E-state index in [1.54, 1.807) is 12.4 Å². The highest BCUT2D eigenvalue weighted by Gasteiger charge is 2.38. The van der Waals surface area contributed by atoms with E-state index >= 15 is 0 Å². The van der Waals surface area contributed by atoms with Gasteiger partial charge in [0, 0.05) is 36.4 Å². The first-order valence-corrected chi connectivity index (χ1v) is 10.4. The van der Waals surface area contributed by atoms with E-state index in [4.69, 9.17) is 14.6 Å². The molecule has 1 atom stereocenters. The lowest BCUT2D eigenvalue weighted by Crippen LogP contribution is -2.37. The molecule has 0 fully saturated rings. The first-order valence-electron chi connectivity index (χ1n) is 10.4. The number of pyridine rings is 1. The van der Waals surface area contributed by atoms with E-state index in [2.05, 4.69) is 21.8 Å². The predicted molar refractivity (Wildman–Crippen MR) is 117 cm³/mol. The summed E-state index contributed by atoms with van der Waals surface area (Å²) in [6, 6.07) is 15.8. The summed E-state index contributed by atoms with van der Waals surface area (Å²) < 4.78 is 40.1. The van der Waals surface area contributed by atoms with Crippen LogP contribution in [0.5, 0.6) is 0 Å². The third-order valence-corrected chi connectivity index (χ3v) is 5.13. The third-order valence-electron chi connectivity index (χ3n) is 5.13. The number of carbonyl (C=O) groups excluding carboxylic acids is 1. The molecule has 2 aromatic heterocycles. The van der Waals surface area contributed by atoms with Gasteiger partial charge in [-0.25, -0.2) is 4.79 Å². The Kier molecular flexibility index (Phi) is 8.06. The minimum Gasteiger partial charge on any atom is -0.475 e. The standard InChI is InChI=1S/C22H23N3O2.C2HF3O2/c1-17-4-2-5-19(12-17)22(26)25-13-20-6-3-11-24(20)14-21(15-25)27-16-18-7-9-23-10-8-18;3-2(4,5)1(6)7/h2-12,21H,13-16H2,1H3;(H,6,7). The molecule has 1 unspecified atom stereocenters. The molecule has 0 spiro atoms. The molecule has 3 heterocycles. The van der Waals surface area contributed by atoms with Gasteiger partial charge in [0.25, 0.3) is 5.91 Å². The number of hydrogen-bond donors (Lipinski definition) is 1. The first kappa shape index (κ1) is 25.0. The molecule has 34 heavy (non-hydrogen) atoms. The SMILES string of the molecule is Cc1cccc(C(=O)N2Cc3cccn3CC(OCc3ccncc3)C2)c1.O=C(O)C(F)(F)F. The summed E-state index contributed by atoms with van der Waals surface area (Å²) in [5.74, 6) is -2.71. The number of alkyl halides is 3. The summed E-state index contributed by atoms with van der Waals surface area (Å²) in [6.07, 6.45) is 0.437. The summed E-state index contributed by atoms with van der Waals surface area (Å²) in [5.41, 5.74) is 4.02. The summed E-state index contributed by atoms with van der Waals surface area (Å²) in [4.78, 5) is 27.9. The fourth-order valence-corrected chi connectivity index (χ4v) is 3.47. The maximum atomic E-state index is 13.1. The Bertz CT molecular complexity index is 1120. The Morgan fingerprint density at radius 3 is 2.47 bits per heavy atom. The van der Waals surface area contributed by atoms with Gasteiger partial charge < -0.3 is 19.3 Å². The van der Waals surface area contributed by atoms with E-state index < -0.39 is 12.1 Å². The Morgan fingerprint density at radius 2 is 1.82 bits per heavy atom. The highest BCUT2D eigenvalue weighted by Crippen LogP contribution is 2.19. The molecule has 0 saturated carbocycles. The molecule has 10 heteroatoms. The molecule has 4 rings (SSSR count). The van der Waals surface area contributed by atoms with E-state index in [9.17, 15) is 18.0 Å². The average Bonchev–Trinajstić information content (AvgIpc) is 3.15. The van der Waals surface area contributed by atoms with E-state index in [0.717, 1.165) is 28.9 Å². The minimum atomic E-state index is -5.08. The molecule has 1 aromatic carbocycles. The molecular weight excluding hydrogens is 451 g/mol. The van der Waals surface area contributed by atoms with Crippen molar-refractivity contribution in [3.05, 3.63) is 89.5 Å². The fraction of sp³-hybridized carbons (Fsp3) is 0.292. The molecule has 0 aliphatic carbocycles. The number of nitrogens with zero attached hydrogens (tertiary/aromatic N) is 3. The average molecular weight is 475 g/mol.